The van der Waals surface area contributed by atoms with Crippen LogP contribution in [0.1, 0.15) is 136 Å². The fourth-order valence-corrected chi connectivity index (χ4v) is 5.68. The quantitative estimate of drug-likeness (QED) is 0.101. The molecule has 6 heteroatoms. The molecule has 0 atom stereocenters. The standard InChI is InChI=1S/C34H54N2O4/c1-6-9-10-11-12-13-14-15-16-17-18-19-20-22-25-36-26-23-21-24-29(36)32-30(33(37)39-7-2)27(4)35-28(5)31(32)34(38)40-8-3/h21,23-24,26,32H,6-20,22,25H2,1-5H3/p+1. The number of aryl methyl sites for hydroxylation is 1. The Bertz CT molecular complexity index is 942. The molecule has 0 spiro atoms. The molecule has 224 valence electrons. The summed E-state index contributed by atoms with van der Waals surface area (Å²) in [5.74, 6) is -1.36. The van der Waals surface area contributed by atoms with E-state index in [1.165, 1.54) is 83.5 Å². The molecule has 2 heterocycles. The number of rotatable bonds is 20. The zero-order valence-corrected chi connectivity index (χ0v) is 26.0. The first-order valence-corrected chi connectivity index (χ1v) is 16.0. The lowest BCUT2D eigenvalue weighted by Crippen LogP contribution is -2.43. The van der Waals surface area contributed by atoms with Crippen LogP contribution >= 0.6 is 0 Å². The Labute approximate surface area is 243 Å². The van der Waals surface area contributed by atoms with Crippen LogP contribution < -0.4 is 9.88 Å². The molecule has 0 amide bonds. The van der Waals surface area contributed by atoms with Crippen molar-refractivity contribution in [1.29, 1.82) is 0 Å². The molecule has 1 aromatic rings. The number of hydrogen-bond acceptors (Lipinski definition) is 5. The third-order valence-electron chi connectivity index (χ3n) is 7.78. The second-order valence-corrected chi connectivity index (χ2v) is 11.0. The van der Waals surface area contributed by atoms with Crippen LogP contribution in [-0.4, -0.2) is 25.2 Å². The number of allylic oxidation sites excluding steroid dienone is 2. The zero-order chi connectivity index (χ0) is 29.2. The summed E-state index contributed by atoms with van der Waals surface area (Å²) < 4.78 is 13.1. The molecule has 40 heavy (non-hydrogen) atoms. The molecule has 1 aliphatic rings. The van der Waals surface area contributed by atoms with E-state index < -0.39 is 17.9 Å². The molecule has 0 radical (unpaired) electrons. The predicted molar refractivity (Wildman–Crippen MR) is 161 cm³/mol. The Kier molecular flexibility index (Phi) is 16.3. The second kappa shape index (κ2) is 19.4. The van der Waals surface area contributed by atoms with Crippen LogP contribution in [0.4, 0.5) is 0 Å². The van der Waals surface area contributed by atoms with Crippen molar-refractivity contribution in [2.75, 3.05) is 13.2 Å². The van der Waals surface area contributed by atoms with Crippen molar-refractivity contribution in [2.24, 2.45) is 0 Å². The summed E-state index contributed by atoms with van der Waals surface area (Å²) in [6, 6.07) is 5.99. The molecule has 0 aromatic carbocycles. The number of nitrogens with one attached hydrogen (secondary N) is 1. The first kappa shape index (κ1) is 33.6. The first-order chi connectivity index (χ1) is 19.5. The Morgan fingerprint density at radius 3 is 1.60 bits per heavy atom. The summed E-state index contributed by atoms with van der Waals surface area (Å²) in [5.41, 5.74) is 3.26. The highest BCUT2D eigenvalue weighted by Gasteiger charge is 2.42. The second-order valence-electron chi connectivity index (χ2n) is 11.0. The van der Waals surface area contributed by atoms with E-state index in [2.05, 4.69) is 23.0 Å². The molecular weight excluding hydrogens is 500 g/mol. The van der Waals surface area contributed by atoms with Crippen LogP contribution in [0.5, 0.6) is 0 Å². The molecule has 1 aromatic heterocycles. The molecule has 1 aliphatic heterocycles. The highest BCUT2D eigenvalue weighted by Crippen LogP contribution is 2.38. The van der Waals surface area contributed by atoms with E-state index in [-0.39, 0.29) is 13.2 Å². The van der Waals surface area contributed by atoms with Crippen molar-refractivity contribution in [3.05, 3.63) is 52.6 Å². The van der Waals surface area contributed by atoms with Gasteiger partial charge in [-0.25, -0.2) is 14.2 Å². The van der Waals surface area contributed by atoms with Gasteiger partial charge in [0.25, 0.3) is 0 Å². The van der Waals surface area contributed by atoms with Crippen molar-refractivity contribution >= 4 is 11.9 Å². The van der Waals surface area contributed by atoms with Crippen LogP contribution in [0.25, 0.3) is 0 Å². The molecule has 2 rings (SSSR count). The number of unbranched alkanes of at least 4 members (excludes halogenated alkanes) is 13. The van der Waals surface area contributed by atoms with Crippen LogP contribution in [0.3, 0.4) is 0 Å². The summed E-state index contributed by atoms with van der Waals surface area (Å²) in [4.78, 5) is 26.3. The van der Waals surface area contributed by atoms with Gasteiger partial charge in [0.2, 0.25) is 0 Å². The van der Waals surface area contributed by atoms with E-state index in [1.54, 1.807) is 13.8 Å². The number of dihydropyridines is 1. The summed E-state index contributed by atoms with van der Waals surface area (Å²) >= 11 is 0. The van der Waals surface area contributed by atoms with Gasteiger partial charge in [0.1, 0.15) is 12.5 Å². The summed E-state index contributed by atoms with van der Waals surface area (Å²) in [7, 11) is 0. The van der Waals surface area contributed by atoms with Crippen LogP contribution in [-0.2, 0) is 25.6 Å². The number of aromatic nitrogens is 1. The van der Waals surface area contributed by atoms with Crippen LogP contribution in [0.15, 0.2) is 46.9 Å². The fraction of sp³-hybridized carbons (Fsp3) is 0.676. The van der Waals surface area contributed by atoms with Gasteiger partial charge < -0.3 is 14.8 Å². The fourth-order valence-electron chi connectivity index (χ4n) is 5.68. The Hall–Kier alpha value is -2.63. The molecule has 0 saturated carbocycles. The first-order valence-electron chi connectivity index (χ1n) is 16.0. The minimum atomic E-state index is -0.549. The zero-order valence-electron chi connectivity index (χ0n) is 26.0. The minimum absolute atomic E-state index is 0.271. The van der Waals surface area contributed by atoms with Gasteiger partial charge in [0.15, 0.2) is 11.9 Å². The van der Waals surface area contributed by atoms with Crippen LogP contribution in [0.2, 0.25) is 0 Å². The third-order valence-corrected chi connectivity index (χ3v) is 7.78. The number of ether oxygens (including phenoxy) is 2. The molecule has 0 aliphatic carbocycles. The molecule has 6 nitrogen and oxygen atoms in total. The average molecular weight is 556 g/mol. The normalized spacial score (nSPS) is 13.9. The number of esters is 2. The number of carbonyl (C=O) groups excluding carboxylic acids is 2. The maximum absolute atomic E-state index is 13.1. The van der Waals surface area contributed by atoms with Crippen LogP contribution in [0, 0.1) is 0 Å². The monoisotopic (exact) mass is 555 g/mol. The van der Waals surface area contributed by atoms with Crippen molar-refractivity contribution in [1.82, 2.24) is 5.32 Å². The summed E-state index contributed by atoms with van der Waals surface area (Å²) in [5, 5.41) is 3.22. The number of hydrogen-bond donors (Lipinski definition) is 1. The van der Waals surface area contributed by atoms with Crippen molar-refractivity contribution < 1.29 is 23.6 Å². The van der Waals surface area contributed by atoms with Gasteiger partial charge in [-0.2, -0.15) is 0 Å². The molecule has 0 bridgehead atoms. The number of nitrogens with zero attached hydrogens (tertiary/aromatic N) is 1. The minimum Gasteiger partial charge on any atom is -0.463 e. The van der Waals surface area contributed by atoms with Gasteiger partial charge in [0, 0.05) is 29.9 Å². The molecule has 0 unspecified atom stereocenters. The van der Waals surface area contributed by atoms with E-state index in [4.69, 9.17) is 9.47 Å². The van der Waals surface area contributed by atoms with E-state index in [1.807, 2.05) is 32.0 Å². The van der Waals surface area contributed by atoms with Gasteiger partial charge in [0.05, 0.1) is 24.4 Å². The smallest absolute Gasteiger partial charge is 0.336 e. The van der Waals surface area contributed by atoms with E-state index >= 15 is 0 Å². The van der Waals surface area contributed by atoms with Crippen molar-refractivity contribution in [3.8, 4) is 0 Å². The SMILES string of the molecule is CCCCCCCCCCCCCCCC[n+]1ccccc1C1C(C(=O)OCC)=C(C)NC(C)=C1C(=O)OCC. The highest BCUT2D eigenvalue weighted by atomic mass is 16.5. The predicted octanol–water partition coefficient (Wildman–Crippen LogP) is 7.82. The molecule has 0 fully saturated rings. The Morgan fingerprint density at radius 1 is 0.700 bits per heavy atom. The Balaban J connectivity index is 1.96. The number of carbonyl (C=O) groups is 2. The summed E-state index contributed by atoms with van der Waals surface area (Å²) in [6.45, 7) is 11.0. The highest BCUT2D eigenvalue weighted by molar-refractivity contribution is 5.99. The topological polar surface area (TPSA) is 68.5 Å². The van der Waals surface area contributed by atoms with Crippen molar-refractivity contribution in [2.45, 2.75) is 137 Å². The Morgan fingerprint density at radius 2 is 1.15 bits per heavy atom. The van der Waals surface area contributed by atoms with E-state index in [9.17, 15) is 9.59 Å². The van der Waals surface area contributed by atoms with Gasteiger partial charge in [-0.05, 0) is 34.1 Å². The number of pyridine rings is 1. The van der Waals surface area contributed by atoms with E-state index in [0.29, 0.717) is 22.5 Å². The van der Waals surface area contributed by atoms with Gasteiger partial charge in [-0.3, -0.25) is 0 Å². The van der Waals surface area contributed by atoms with Gasteiger partial charge in [-0.15, -0.1) is 0 Å². The molecular formula is C34H55N2O4+. The largest absolute Gasteiger partial charge is 0.463 e. The van der Waals surface area contributed by atoms with Gasteiger partial charge >= 0.3 is 11.9 Å². The lowest BCUT2D eigenvalue weighted by atomic mass is 9.82. The maximum atomic E-state index is 13.1. The molecule has 0 saturated heterocycles. The summed E-state index contributed by atoms with van der Waals surface area (Å²) in [6.07, 6.45) is 20.6. The molecule has 1 N–H and O–H groups in total. The van der Waals surface area contributed by atoms with Gasteiger partial charge in [-0.1, -0.05) is 90.0 Å². The maximum Gasteiger partial charge on any atom is 0.336 e. The lowest BCUT2D eigenvalue weighted by molar-refractivity contribution is -0.705. The lowest BCUT2D eigenvalue weighted by Gasteiger charge is -2.28. The third kappa shape index (κ3) is 10.7. The average Bonchev–Trinajstić information content (AvgIpc) is 2.93. The van der Waals surface area contributed by atoms with Crippen molar-refractivity contribution in [3.63, 3.8) is 0 Å². The van der Waals surface area contributed by atoms with E-state index in [0.717, 1.165) is 18.7 Å².